The number of aliphatic hydroxyl groups excluding tert-OH is 1. The number of rotatable bonds is 1. The Morgan fingerprint density at radius 1 is 1.67 bits per heavy atom. The van der Waals surface area contributed by atoms with E-state index in [4.69, 9.17) is 4.74 Å². The Hall–Kier alpha value is -0.870. The van der Waals surface area contributed by atoms with E-state index >= 15 is 0 Å². The van der Waals surface area contributed by atoms with Gasteiger partial charge in [0.1, 0.15) is 11.9 Å². The van der Waals surface area contributed by atoms with Gasteiger partial charge >= 0.3 is 0 Å². The Kier molecular flexibility index (Phi) is 1.86. The molecule has 1 fully saturated rings. The summed E-state index contributed by atoms with van der Waals surface area (Å²) in [5.41, 5.74) is 0. The first-order valence-corrected chi connectivity index (χ1v) is 4.04. The van der Waals surface area contributed by atoms with Crippen molar-refractivity contribution in [2.75, 3.05) is 13.2 Å². The Morgan fingerprint density at radius 3 is 3.00 bits per heavy atom. The smallest absolute Gasteiger partial charge is 0.105 e. The Labute approximate surface area is 70.8 Å². The van der Waals surface area contributed by atoms with Crippen molar-refractivity contribution in [3.8, 4) is 0 Å². The molecule has 1 saturated heterocycles. The van der Waals surface area contributed by atoms with Crippen LogP contribution in [-0.2, 0) is 4.74 Å². The highest BCUT2D eigenvalue weighted by molar-refractivity contribution is 4.95. The Morgan fingerprint density at radius 2 is 2.50 bits per heavy atom. The summed E-state index contributed by atoms with van der Waals surface area (Å²) in [4.78, 5) is 4.09. The minimum Gasteiger partial charge on any atom is -0.388 e. The number of aryl methyl sites for hydroxylation is 1. The summed E-state index contributed by atoms with van der Waals surface area (Å²) >= 11 is 0. The molecule has 2 heterocycles. The summed E-state index contributed by atoms with van der Waals surface area (Å²) in [6, 6.07) is 0.0486. The fourth-order valence-corrected chi connectivity index (χ4v) is 1.54. The summed E-state index contributed by atoms with van der Waals surface area (Å²) in [6.45, 7) is 2.94. The molecular weight excluding hydrogens is 156 g/mol. The first-order chi connectivity index (χ1) is 5.79. The van der Waals surface area contributed by atoms with E-state index in [0.717, 1.165) is 5.82 Å². The SMILES string of the molecule is Cc1nccn1C1COCC1O. The van der Waals surface area contributed by atoms with Crippen molar-refractivity contribution in [1.82, 2.24) is 9.55 Å². The molecule has 2 atom stereocenters. The quantitative estimate of drug-likeness (QED) is 0.648. The largest absolute Gasteiger partial charge is 0.388 e. The molecule has 1 aromatic rings. The molecule has 4 heteroatoms. The number of ether oxygens (including phenoxy) is 1. The summed E-state index contributed by atoms with van der Waals surface area (Å²) in [7, 11) is 0. The van der Waals surface area contributed by atoms with Crippen LogP contribution >= 0.6 is 0 Å². The van der Waals surface area contributed by atoms with E-state index in [9.17, 15) is 5.11 Å². The topological polar surface area (TPSA) is 47.3 Å². The molecule has 12 heavy (non-hydrogen) atoms. The first-order valence-electron chi connectivity index (χ1n) is 4.04. The number of hydrogen-bond donors (Lipinski definition) is 1. The van der Waals surface area contributed by atoms with Gasteiger partial charge < -0.3 is 14.4 Å². The van der Waals surface area contributed by atoms with E-state index in [1.165, 1.54) is 0 Å². The lowest BCUT2D eigenvalue weighted by Gasteiger charge is -2.15. The lowest BCUT2D eigenvalue weighted by molar-refractivity contribution is 0.119. The second kappa shape index (κ2) is 2.88. The molecule has 2 unspecified atom stereocenters. The fourth-order valence-electron chi connectivity index (χ4n) is 1.54. The molecule has 0 saturated carbocycles. The number of hydrogen-bond acceptors (Lipinski definition) is 3. The maximum atomic E-state index is 9.51. The molecule has 2 rings (SSSR count). The van der Waals surface area contributed by atoms with Gasteiger partial charge in [-0.25, -0.2) is 4.98 Å². The van der Waals surface area contributed by atoms with Gasteiger partial charge in [-0.1, -0.05) is 0 Å². The molecule has 1 aliphatic rings. The number of aliphatic hydroxyl groups is 1. The summed E-state index contributed by atoms with van der Waals surface area (Å²) in [5, 5.41) is 9.51. The normalized spacial score (nSPS) is 29.5. The third-order valence-electron chi connectivity index (χ3n) is 2.24. The van der Waals surface area contributed by atoms with Crippen LogP contribution in [0.3, 0.4) is 0 Å². The molecular formula is C8H12N2O2. The predicted octanol–water partition coefficient (Wildman–Crippen LogP) is 0.124. The molecule has 0 aromatic carbocycles. The maximum Gasteiger partial charge on any atom is 0.105 e. The van der Waals surface area contributed by atoms with E-state index in [0.29, 0.717) is 13.2 Å². The van der Waals surface area contributed by atoms with Crippen LogP contribution in [0.1, 0.15) is 11.9 Å². The van der Waals surface area contributed by atoms with E-state index < -0.39 is 6.10 Å². The average molecular weight is 168 g/mol. The van der Waals surface area contributed by atoms with Crippen LogP contribution in [0, 0.1) is 6.92 Å². The van der Waals surface area contributed by atoms with Crippen LogP contribution in [0.2, 0.25) is 0 Å². The monoisotopic (exact) mass is 168 g/mol. The summed E-state index contributed by atoms with van der Waals surface area (Å²) < 4.78 is 7.11. The van der Waals surface area contributed by atoms with E-state index in [-0.39, 0.29) is 6.04 Å². The maximum absolute atomic E-state index is 9.51. The Balaban J connectivity index is 2.24. The molecule has 4 nitrogen and oxygen atoms in total. The lowest BCUT2D eigenvalue weighted by atomic mass is 10.2. The molecule has 0 radical (unpaired) electrons. The number of nitrogens with zero attached hydrogens (tertiary/aromatic N) is 2. The van der Waals surface area contributed by atoms with Gasteiger partial charge in [-0.15, -0.1) is 0 Å². The average Bonchev–Trinajstić information content (AvgIpc) is 2.59. The summed E-state index contributed by atoms with van der Waals surface area (Å²) in [6.07, 6.45) is 3.22. The number of imidazole rings is 1. The minimum atomic E-state index is -0.391. The van der Waals surface area contributed by atoms with Crippen molar-refractivity contribution in [3.63, 3.8) is 0 Å². The van der Waals surface area contributed by atoms with Crippen molar-refractivity contribution < 1.29 is 9.84 Å². The zero-order valence-corrected chi connectivity index (χ0v) is 6.97. The van der Waals surface area contributed by atoms with Crippen LogP contribution in [-0.4, -0.2) is 34.0 Å². The molecule has 1 N–H and O–H groups in total. The fraction of sp³-hybridized carbons (Fsp3) is 0.625. The van der Waals surface area contributed by atoms with Crippen LogP contribution < -0.4 is 0 Å². The lowest BCUT2D eigenvalue weighted by Crippen LogP contribution is -2.22. The predicted molar refractivity (Wildman–Crippen MR) is 42.8 cm³/mol. The van der Waals surface area contributed by atoms with Gasteiger partial charge in [-0.2, -0.15) is 0 Å². The van der Waals surface area contributed by atoms with Gasteiger partial charge in [-0.3, -0.25) is 0 Å². The van der Waals surface area contributed by atoms with Gasteiger partial charge in [0.15, 0.2) is 0 Å². The highest BCUT2D eigenvalue weighted by atomic mass is 16.5. The summed E-state index contributed by atoms with van der Waals surface area (Å²) in [5.74, 6) is 0.921. The van der Waals surface area contributed by atoms with E-state index in [2.05, 4.69) is 4.98 Å². The van der Waals surface area contributed by atoms with Crippen molar-refractivity contribution in [2.24, 2.45) is 0 Å². The highest BCUT2D eigenvalue weighted by Crippen LogP contribution is 2.20. The highest BCUT2D eigenvalue weighted by Gasteiger charge is 2.28. The Bertz CT molecular complexity index is 272. The van der Waals surface area contributed by atoms with E-state index in [1.807, 2.05) is 17.7 Å². The van der Waals surface area contributed by atoms with Gasteiger partial charge in [0.05, 0.1) is 19.3 Å². The van der Waals surface area contributed by atoms with Crippen molar-refractivity contribution in [2.45, 2.75) is 19.1 Å². The molecule has 0 spiro atoms. The zero-order valence-electron chi connectivity index (χ0n) is 6.97. The van der Waals surface area contributed by atoms with Crippen LogP contribution in [0.5, 0.6) is 0 Å². The second-order valence-corrected chi connectivity index (χ2v) is 3.05. The van der Waals surface area contributed by atoms with Gasteiger partial charge in [-0.05, 0) is 6.92 Å². The van der Waals surface area contributed by atoms with Gasteiger partial charge in [0, 0.05) is 12.4 Å². The second-order valence-electron chi connectivity index (χ2n) is 3.05. The van der Waals surface area contributed by atoms with Crippen molar-refractivity contribution in [3.05, 3.63) is 18.2 Å². The van der Waals surface area contributed by atoms with Crippen molar-refractivity contribution >= 4 is 0 Å². The minimum absolute atomic E-state index is 0.0486. The first kappa shape index (κ1) is 7.76. The molecule has 0 aliphatic carbocycles. The molecule has 1 aromatic heterocycles. The molecule has 1 aliphatic heterocycles. The standard InChI is InChI=1S/C8H12N2O2/c1-6-9-2-3-10(6)7-4-12-5-8(7)11/h2-3,7-8,11H,4-5H2,1H3. The van der Waals surface area contributed by atoms with Gasteiger partial charge in [0.25, 0.3) is 0 Å². The van der Waals surface area contributed by atoms with Crippen LogP contribution in [0.25, 0.3) is 0 Å². The zero-order chi connectivity index (χ0) is 8.55. The van der Waals surface area contributed by atoms with Crippen LogP contribution in [0.4, 0.5) is 0 Å². The van der Waals surface area contributed by atoms with Gasteiger partial charge in [0.2, 0.25) is 0 Å². The third-order valence-corrected chi connectivity index (χ3v) is 2.24. The molecule has 0 amide bonds. The van der Waals surface area contributed by atoms with Crippen molar-refractivity contribution in [1.29, 1.82) is 0 Å². The number of aromatic nitrogens is 2. The third kappa shape index (κ3) is 1.13. The molecule has 66 valence electrons. The van der Waals surface area contributed by atoms with E-state index in [1.54, 1.807) is 6.20 Å². The molecule has 0 bridgehead atoms. The van der Waals surface area contributed by atoms with Crippen LogP contribution in [0.15, 0.2) is 12.4 Å².